The topological polar surface area (TPSA) is 45.1 Å². The maximum absolute atomic E-state index is 14.5. The highest BCUT2D eigenvalue weighted by atomic mass is 19.1. The molecule has 0 bridgehead atoms. The molecule has 2 aromatic rings. The molecule has 0 saturated carbocycles. The van der Waals surface area contributed by atoms with Crippen LogP contribution in [0.25, 0.3) is 16.5 Å². The average molecular weight is 354 g/mol. The van der Waals surface area contributed by atoms with Crippen LogP contribution in [0.15, 0.2) is 47.8 Å². The molecule has 0 N–H and O–H groups in total. The van der Waals surface area contributed by atoms with Crippen LogP contribution >= 0.6 is 0 Å². The molecule has 1 aromatic heterocycles. The molecule has 0 saturated heterocycles. The summed E-state index contributed by atoms with van der Waals surface area (Å²) in [5, 5.41) is 11.6. The molecule has 2 rings (SSSR count). The third-order valence-corrected chi connectivity index (χ3v) is 4.71. The van der Waals surface area contributed by atoms with Gasteiger partial charge in [0.2, 0.25) is 0 Å². The van der Waals surface area contributed by atoms with Crippen molar-refractivity contribution in [1.29, 1.82) is 0 Å². The lowest BCUT2D eigenvalue weighted by Gasteiger charge is -2.12. The summed E-state index contributed by atoms with van der Waals surface area (Å²) in [5.41, 5.74) is 5.31. The number of aliphatic carboxylic acids is 1. The van der Waals surface area contributed by atoms with Crippen LogP contribution in [0.3, 0.4) is 0 Å². The highest BCUT2D eigenvalue weighted by Gasteiger charge is 2.14. The van der Waals surface area contributed by atoms with Gasteiger partial charge in [-0.05, 0) is 88.1 Å². The van der Waals surface area contributed by atoms with Crippen molar-refractivity contribution in [3.63, 3.8) is 0 Å². The zero-order chi connectivity index (χ0) is 19.6. The van der Waals surface area contributed by atoms with E-state index < -0.39 is 11.8 Å². The normalized spacial score (nSPS) is 13.8. The average Bonchev–Trinajstić information content (AvgIpc) is 2.82. The molecule has 0 aliphatic heterocycles. The standard InChI is InChI=1S/C22H26FNO2/c1-13(2)24-17(6)15(4)19-12-18(8-10-21(19)24)16(5)20(23)9-7-14(3)11-22(25)26/h7-13H,1-6H3,(H,25,26)/p-1/b9-7+,14-11+,20-16+. The zero-order valence-corrected chi connectivity index (χ0v) is 16.2. The molecule has 1 heterocycles. The van der Waals surface area contributed by atoms with E-state index in [0.717, 1.165) is 22.5 Å². The molecule has 26 heavy (non-hydrogen) atoms. The smallest absolute Gasteiger partial charge is 0.126 e. The number of rotatable bonds is 5. The number of hydrogen-bond donors (Lipinski definition) is 0. The number of benzene rings is 1. The van der Waals surface area contributed by atoms with E-state index in [1.807, 2.05) is 18.2 Å². The first-order valence-corrected chi connectivity index (χ1v) is 8.68. The molecule has 138 valence electrons. The van der Waals surface area contributed by atoms with Crippen molar-refractivity contribution in [2.24, 2.45) is 0 Å². The summed E-state index contributed by atoms with van der Waals surface area (Å²) in [4.78, 5) is 10.5. The summed E-state index contributed by atoms with van der Waals surface area (Å²) in [6, 6.07) is 6.33. The van der Waals surface area contributed by atoms with Crippen molar-refractivity contribution in [3.8, 4) is 0 Å². The Morgan fingerprint density at radius 2 is 1.85 bits per heavy atom. The van der Waals surface area contributed by atoms with Gasteiger partial charge in [-0.25, -0.2) is 4.39 Å². The highest BCUT2D eigenvalue weighted by Crippen LogP contribution is 2.31. The fraction of sp³-hybridized carbons (Fsp3) is 0.318. The summed E-state index contributed by atoms with van der Waals surface area (Å²) in [6.07, 6.45) is 3.65. The van der Waals surface area contributed by atoms with Gasteiger partial charge in [-0.3, -0.25) is 0 Å². The molecule has 0 aliphatic rings. The number of carboxylic acids is 1. The highest BCUT2D eigenvalue weighted by molar-refractivity contribution is 5.89. The van der Waals surface area contributed by atoms with E-state index in [4.69, 9.17) is 0 Å². The van der Waals surface area contributed by atoms with Crippen LogP contribution < -0.4 is 5.11 Å². The van der Waals surface area contributed by atoms with Gasteiger partial charge >= 0.3 is 0 Å². The number of carboxylic acid groups (broad SMARTS) is 1. The SMILES string of the molecule is CC(/C=C/C(F)=C(/C)c1ccc2c(c1)c(C)c(C)n2C(C)C)=C\C(=O)[O-]. The van der Waals surface area contributed by atoms with E-state index in [2.05, 4.69) is 32.3 Å². The largest absolute Gasteiger partial charge is 0.545 e. The molecule has 4 heteroatoms. The molecular weight excluding hydrogens is 329 g/mol. The van der Waals surface area contributed by atoms with Gasteiger partial charge in [0, 0.05) is 22.6 Å². The monoisotopic (exact) mass is 354 g/mol. The number of hydrogen-bond acceptors (Lipinski definition) is 2. The van der Waals surface area contributed by atoms with Crippen LogP contribution in [-0.2, 0) is 4.79 Å². The maximum atomic E-state index is 14.5. The zero-order valence-electron chi connectivity index (χ0n) is 16.2. The lowest BCUT2D eigenvalue weighted by molar-refractivity contribution is -0.297. The Balaban J connectivity index is 2.48. The molecule has 0 amide bonds. The second kappa shape index (κ2) is 7.73. The summed E-state index contributed by atoms with van der Waals surface area (Å²) >= 11 is 0. The van der Waals surface area contributed by atoms with E-state index in [-0.39, 0.29) is 0 Å². The molecule has 0 unspecified atom stereocenters. The van der Waals surface area contributed by atoms with Crippen molar-refractivity contribution in [2.75, 3.05) is 0 Å². The van der Waals surface area contributed by atoms with Gasteiger partial charge in [0.15, 0.2) is 0 Å². The van der Waals surface area contributed by atoms with Gasteiger partial charge in [0.05, 0.1) is 5.97 Å². The third-order valence-electron chi connectivity index (χ3n) is 4.71. The first kappa shape index (κ1) is 19.7. The number of carbonyl (C=O) groups excluding carboxylic acids is 1. The molecule has 0 spiro atoms. The number of carbonyl (C=O) groups is 1. The predicted molar refractivity (Wildman–Crippen MR) is 103 cm³/mol. The number of aromatic nitrogens is 1. The van der Waals surface area contributed by atoms with Gasteiger partial charge in [-0.15, -0.1) is 0 Å². The lowest BCUT2D eigenvalue weighted by Crippen LogP contribution is -2.19. The Morgan fingerprint density at radius 1 is 1.19 bits per heavy atom. The molecule has 0 aliphatic carbocycles. The Morgan fingerprint density at radius 3 is 2.42 bits per heavy atom. The molecule has 1 aromatic carbocycles. The minimum Gasteiger partial charge on any atom is -0.545 e. The van der Waals surface area contributed by atoms with Gasteiger partial charge in [0.1, 0.15) is 5.83 Å². The van der Waals surface area contributed by atoms with Gasteiger partial charge in [-0.2, -0.15) is 0 Å². The quantitative estimate of drug-likeness (QED) is 0.572. The van der Waals surface area contributed by atoms with Gasteiger partial charge in [-0.1, -0.05) is 12.1 Å². The fourth-order valence-corrected chi connectivity index (χ4v) is 3.20. The van der Waals surface area contributed by atoms with Crippen molar-refractivity contribution in [3.05, 3.63) is 64.6 Å². The molecular formula is C22H25FNO2-. The maximum Gasteiger partial charge on any atom is 0.126 e. The Bertz CT molecular complexity index is 943. The van der Waals surface area contributed by atoms with E-state index in [9.17, 15) is 14.3 Å². The van der Waals surface area contributed by atoms with E-state index in [1.54, 1.807) is 13.8 Å². The van der Waals surface area contributed by atoms with Crippen molar-refractivity contribution in [2.45, 2.75) is 47.6 Å². The van der Waals surface area contributed by atoms with Crippen molar-refractivity contribution in [1.82, 2.24) is 4.57 Å². The first-order chi connectivity index (χ1) is 12.1. The van der Waals surface area contributed by atoms with Crippen LogP contribution in [0.2, 0.25) is 0 Å². The fourth-order valence-electron chi connectivity index (χ4n) is 3.20. The van der Waals surface area contributed by atoms with E-state index in [0.29, 0.717) is 17.2 Å². The van der Waals surface area contributed by atoms with E-state index in [1.165, 1.54) is 23.4 Å². The second-order valence-corrected chi connectivity index (χ2v) is 6.92. The van der Waals surface area contributed by atoms with Gasteiger partial charge < -0.3 is 14.5 Å². The molecule has 0 fully saturated rings. The Kier molecular flexibility index (Phi) is 5.86. The number of aryl methyl sites for hydroxylation is 1. The molecule has 3 nitrogen and oxygen atoms in total. The van der Waals surface area contributed by atoms with E-state index >= 15 is 0 Å². The summed E-state index contributed by atoms with van der Waals surface area (Å²) in [7, 11) is 0. The van der Waals surface area contributed by atoms with Crippen LogP contribution in [-0.4, -0.2) is 10.5 Å². The van der Waals surface area contributed by atoms with Crippen molar-refractivity contribution >= 4 is 22.4 Å². The minimum atomic E-state index is -1.29. The predicted octanol–water partition coefficient (Wildman–Crippen LogP) is 4.79. The summed E-state index contributed by atoms with van der Waals surface area (Å²) in [5.74, 6) is -1.69. The lowest BCUT2D eigenvalue weighted by atomic mass is 10.0. The number of nitrogens with zero attached hydrogens (tertiary/aromatic N) is 1. The second-order valence-electron chi connectivity index (χ2n) is 6.92. The minimum absolute atomic E-state index is 0.354. The summed E-state index contributed by atoms with van der Waals surface area (Å²) in [6.45, 7) is 11.8. The van der Waals surface area contributed by atoms with Crippen LogP contribution in [0, 0.1) is 13.8 Å². The van der Waals surface area contributed by atoms with Gasteiger partial charge in [0.25, 0.3) is 0 Å². The number of halogens is 1. The summed E-state index contributed by atoms with van der Waals surface area (Å²) < 4.78 is 16.8. The molecule has 0 atom stereocenters. The first-order valence-electron chi connectivity index (χ1n) is 8.68. The molecule has 0 radical (unpaired) electrons. The van der Waals surface area contributed by atoms with Crippen LogP contribution in [0.4, 0.5) is 4.39 Å². The number of allylic oxidation sites excluding steroid dienone is 5. The Labute approximate surface area is 154 Å². The Hall–Kier alpha value is -2.62. The third kappa shape index (κ3) is 3.96. The van der Waals surface area contributed by atoms with Crippen LogP contribution in [0.1, 0.15) is 50.6 Å². The van der Waals surface area contributed by atoms with Crippen molar-refractivity contribution < 1.29 is 14.3 Å². The number of fused-ring (bicyclic) bond motifs is 1. The van der Waals surface area contributed by atoms with Crippen LogP contribution in [0.5, 0.6) is 0 Å².